The van der Waals surface area contributed by atoms with Gasteiger partial charge in [0.15, 0.2) is 0 Å². The Morgan fingerprint density at radius 1 is 1.44 bits per heavy atom. The van der Waals surface area contributed by atoms with E-state index in [1.165, 1.54) is 19.5 Å². The first kappa shape index (κ1) is 13.2. The van der Waals surface area contributed by atoms with Crippen molar-refractivity contribution in [2.45, 2.75) is 13.0 Å². The van der Waals surface area contributed by atoms with Crippen LogP contribution in [0.5, 0.6) is 0 Å². The molecule has 0 aromatic carbocycles. The molecule has 1 N–H and O–H groups in total. The molecule has 2 heterocycles. The quantitative estimate of drug-likeness (QED) is 0.840. The predicted molar refractivity (Wildman–Crippen MR) is 73.5 cm³/mol. The Morgan fingerprint density at radius 2 is 2.28 bits per heavy atom. The Hall–Kier alpha value is -1.20. The first-order chi connectivity index (χ1) is 8.67. The van der Waals surface area contributed by atoms with Gasteiger partial charge in [0.2, 0.25) is 0 Å². The number of hydrogen-bond donors (Lipinski definition) is 1. The number of rotatable bonds is 5. The molecule has 1 atom stereocenters. The van der Waals surface area contributed by atoms with Crippen LogP contribution in [-0.2, 0) is 6.54 Å². The summed E-state index contributed by atoms with van der Waals surface area (Å²) in [5, 5.41) is 2.98. The summed E-state index contributed by atoms with van der Waals surface area (Å²) in [4.78, 5) is 13.4. The normalized spacial score (nSPS) is 20.6. The molecule has 5 heteroatoms. The summed E-state index contributed by atoms with van der Waals surface area (Å²) in [5.74, 6) is 1.61. The fourth-order valence-electron chi connectivity index (χ4n) is 2.52. The molecule has 0 radical (unpaired) electrons. The van der Waals surface area contributed by atoms with Gasteiger partial charge in [0.1, 0.15) is 5.82 Å². The Labute approximate surface area is 109 Å². The second kappa shape index (κ2) is 6.11. The molecule has 100 valence electrons. The molecule has 0 saturated carbocycles. The Bertz CT molecular complexity index is 364. The van der Waals surface area contributed by atoms with Gasteiger partial charge in [-0.1, -0.05) is 0 Å². The fourth-order valence-corrected chi connectivity index (χ4v) is 2.52. The van der Waals surface area contributed by atoms with E-state index in [-0.39, 0.29) is 0 Å². The number of anilines is 1. The van der Waals surface area contributed by atoms with Crippen LogP contribution < -0.4 is 5.32 Å². The number of aromatic nitrogens is 2. The SMILES string of the molecule is CNc1cnc(CN(C)CC2CCN(C)C2)cn1. The maximum Gasteiger partial charge on any atom is 0.144 e. The molecule has 0 aliphatic carbocycles. The second-order valence-corrected chi connectivity index (χ2v) is 5.26. The summed E-state index contributed by atoms with van der Waals surface area (Å²) in [6, 6.07) is 0. The molecule has 1 unspecified atom stereocenters. The summed E-state index contributed by atoms with van der Waals surface area (Å²) in [7, 11) is 6.21. The number of nitrogens with zero attached hydrogens (tertiary/aromatic N) is 4. The van der Waals surface area contributed by atoms with Gasteiger partial charge in [0, 0.05) is 26.7 Å². The van der Waals surface area contributed by atoms with Crippen LogP contribution in [0.15, 0.2) is 12.4 Å². The summed E-state index contributed by atoms with van der Waals surface area (Å²) in [6.07, 6.45) is 4.95. The highest BCUT2D eigenvalue weighted by Gasteiger charge is 2.20. The van der Waals surface area contributed by atoms with Gasteiger partial charge in [-0.15, -0.1) is 0 Å². The molecule has 0 amide bonds. The van der Waals surface area contributed by atoms with Crippen molar-refractivity contribution in [3.05, 3.63) is 18.1 Å². The van der Waals surface area contributed by atoms with Gasteiger partial charge in [-0.25, -0.2) is 4.98 Å². The van der Waals surface area contributed by atoms with Crippen LogP contribution >= 0.6 is 0 Å². The van der Waals surface area contributed by atoms with Crippen LogP contribution in [0.1, 0.15) is 12.1 Å². The second-order valence-electron chi connectivity index (χ2n) is 5.26. The summed E-state index contributed by atoms with van der Waals surface area (Å²) < 4.78 is 0. The Morgan fingerprint density at radius 3 is 2.83 bits per heavy atom. The van der Waals surface area contributed by atoms with Gasteiger partial charge in [-0.2, -0.15) is 0 Å². The van der Waals surface area contributed by atoms with E-state index in [9.17, 15) is 0 Å². The zero-order chi connectivity index (χ0) is 13.0. The van der Waals surface area contributed by atoms with Crippen LogP contribution in [0.2, 0.25) is 0 Å². The highest BCUT2D eigenvalue weighted by Crippen LogP contribution is 2.15. The van der Waals surface area contributed by atoms with Crippen molar-refractivity contribution < 1.29 is 0 Å². The third-order valence-electron chi connectivity index (χ3n) is 3.45. The fraction of sp³-hybridized carbons (Fsp3) is 0.692. The van der Waals surface area contributed by atoms with E-state index >= 15 is 0 Å². The van der Waals surface area contributed by atoms with Crippen LogP contribution in [0, 0.1) is 5.92 Å². The number of likely N-dealkylation sites (tertiary alicyclic amines) is 1. The number of hydrogen-bond acceptors (Lipinski definition) is 5. The average molecular weight is 249 g/mol. The minimum atomic E-state index is 0.796. The van der Waals surface area contributed by atoms with Crippen molar-refractivity contribution in [1.29, 1.82) is 0 Å². The van der Waals surface area contributed by atoms with E-state index in [1.54, 1.807) is 6.20 Å². The molecule has 18 heavy (non-hydrogen) atoms. The predicted octanol–water partition coefficient (Wildman–Crippen LogP) is 0.902. The first-order valence-corrected chi connectivity index (χ1v) is 6.53. The van der Waals surface area contributed by atoms with E-state index in [0.717, 1.165) is 30.5 Å². The highest BCUT2D eigenvalue weighted by molar-refractivity contribution is 5.29. The van der Waals surface area contributed by atoms with Crippen LogP contribution in [0.4, 0.5) is 5.82 Å². The van der Waals surface area contributed by atoms with Crippen molar-refractivity contribution in [3.63, 3.8) is 0 Å². The zero-order valence-electron chi connectivity index (χ0n) is 11.6. The molecular formula is C13H23N5. The molecule has 2 rings (SSSR count). The molecule has 1 aliphatic heterocycles. The van der Waals surface area contributed by atoms with Gasteiger partial charge in [-0.3, -0.25) is 4.98 Å². The van der Waals surface area contributed by atoms with E-state index in [2.05, 4.69) is 39.2 Å². The topological polar surface area (TPSA) is 44.3 Å². The van der Waals surface area contributed by atoms with Gasteiger partial charge in [0.05, 0.1) is 18.1 Å². The van der Waals surface area contributed by atoms with E-state index in [4.69, 9.17) is 0 Å². The molecule has 1 fully saturated rings. The molecule has 1 aromatic rings. The standard InChI is InChI=1S/C13H23N5/c1-14-13-7-15-12(6-16-13)10-18(3)9-11-4-5-17(2)8-11/h6-7,11H,4-5,8-10H2,1-3H3,(H,14,16). The lowest BCUT2D eigenvalue weighted by Crippen LogP contribution is -2.27. The lowest BCUT2D eigenvalue weighted by molar-refractivity contribution is 0.264. The molecule has 5 nitrogen and oxygen atoms in total. The van der Waals surface area contributed by atoms with Crippen molar-refractivity contribution in [2.24, 2.45) is 5.92 Å². The average Bonchev–Trinajstić information content (AvgIpc) is 2.75. The first-order valence-electron chi connectivity index (χ1n) is 6.53. The van der Waals surface area contributed by atoms with Crippen molar-refractivity contribution in [2.75, 3.05) is 46.1 Å². The molecule has 0 bridgehead atoms. The molecule has 1 aromatic heterocycles. The monoisotopic (exact) mass is 249 g/mol. The summed E-state index contributed by atoms with van der Waals surface area (Å²) in [5.41, 5.74) is 1.03. The lowest BCUT2D eigenvalue weighted by atomic mass is 10.1. The smallest absolute Gasteiger partial charge is 0.144 e. The zero-order valence-corrected chi connectivity index (χ0v) is 11.6. The third-order valence-corrected chi connectivity index (χ3v) is 3.45. The summed E-state index contributed by atoms with van der Waals surface area (Å²) in [6.45, 7) is 4.46. The van der Waals surface area contributed by atoms with Gasteiger partial charge in [0.25, 0.3) is 0 Å². The van der Waals surface area contributed by atoms with Gasteiger partial charge < -0.3 is 15.1 Å². The Balaban J connectivity index is 1.80. The van der Waals surface area contributed by atoms with Gasteiger partial charge >= 0.3 is 0 Å². The largest absolute Gasteiger partial charge is 0.372 e. The van der Waals surface area contributed by atoms with Crippen molar-refractivity contribution in [3.8, 4) is 0 Å². The lowest BCUT2D eigenvalue weighted by Gasteiger charge is -2.20. The molecule has 1 saturated heterocycles. The summed E-state index contributed by atoms with van der Waals surface area (Å²) >= 11 is 0. The van der Waals surface area contributed by atoms with Crippen LogP contribution in [0.25, 0.3) is 0 Å². The molecule has 1 aliphatic rings. The van der Waals surface area contributed by atoms with E-state index < -0.39 is 0 Å². The maximum absolute atomic E-state index is 4.40. The van der Waals surface area contributed by atoms with Gasteiger partial charge in [-0.05, 0) is 33.0 Å². The minimum Gasteiger partial charge on any atom is -0.372 e. The van der Waals surface area contributed by atoms with E-state index in [0.29, 0.717) is 0 Å². The Kier molecular flexibility index (Phi) is 4.49. The third kappa shape index (κ3) is 3.65. The minimum absolute atomic E-state index is 0.796. The maximum atomic E-state index is 4.40. The van der Waals surface area contributed by atoms with Crippen LogP contribution in [0.3, 0.4) is 0 Å². The highest BCUT2D eigenvalue weighted by atomic mass is 15.2. The van der Waals surface area contributed by atoms with Crippen molar-refractivity contribution >= 4 is 5.82 Å². The van der Waals surface area contributed by atoms with Crippen LogP contribution in [-0.4, -0.2) is 60.5 Å². The van der Waals surface area contributed by atoms with E-state index in [1.807, 2.05) is 13.2 Å². The van der Waals surface area contributed by atoms with Crippen molar-refractivity contribution in [1.82, 2.24) is 19.8 Å². The molecular weight excluding hydrogens is 226 g/mol. The molecule has 0 spiro atoms. The number of nitrogens with one attached hydrogen (secondary N) is 1.